The fourth-order valence-corrected chi connectivity index (χ4v) is 4.03. The lowest BCUT2D eigenvalue weighted by Crippen LogP contribution is -2.31. The van der Waals surface area contributed by atoms with Gasteiger partial charge < -0.3 is 9.64 Å². The van der Waals surface area contributed by atoms with Crippen LogP contribution >= 0.6 is 11.3 Å². The highest BCUT2D eigenvalue weighted by molar-refractivity contribution is 7.16. The number of methoxy groups -OCH3 is 1. The highest BCUT2D eigenvalue weighted by atomic mass is 32.1. The Morgan fingerprint density at radius 2 is 2.15 bits per heavy atom. The topological polar surface area (TPSA) is 81.5 Å². The molecule has 1 aliphatic rings. The number of anilines is 1. The van der Waals surface area contributed by atoms with Crippen molar-refractivity contribution in [1.82, 2.24) is 9.55 Å². The second-order valence-electron chi connectivity index (χ2n) is 6.26. The zero-order valence-electron chi connectivity index (χ0n) is 14.7. The van der Waals surface area contributed by atoms with E-state index in [1.165, 1.54) is 29.3 Å². The number of ether oxygens (including phenoxy) is 1. The van der Waals surface area contributed by atoms with Gasteiger partial charge in [-0.1, -0.05) is 0 Å². The highest BCUT2D eigenvalue weighted by Gasteiger charge is 2.25. The lowest BCUT2D eigenvalue weighted by atomic mass is 10.1. The molecular weight excluding hydrogens is 366 g/mol. The Bertz CT molecular complexity index is 1100. The van der Waals surface area contributed by atoms with Crippen molar-refractivity contribution in [3.63, 3.8) is 0 Å². The third kappa shape index (κ3) is 3.12. The number of amides is 1. The molecule has 0 aliphatic carbocycles. The second kappa shape index (κ2) is 6.96. The normalized spacial score (nSPS) is 13.0. The maximum Gasteiger partial charge on any atom is 0.337 e. The van der Waals surface area contributed by atoms with E-state index in [1.54, 1.807) is 29.2 Å². The van der Waals surface area contributed by atoms with Gasteiger partial charge in [-0.3, -0.25) is 14.2 Å². The smallest absolute Gasteiger partial charge is 0.337 e. The van der Waals surface area contributed by atoms with E-state index in [-0.39, 0.29) is 24.4 Å². The maximum atomic E-state index is 12.7. The van der Waals surface area contributed by atoms with Crippen molar-refractivity contribution >= 4 is 39.1 Å². The van der Waals surface area contributed by atoms with Crippen molar-refractivity contribution in [1.29, 1.82) is 0 Å². The predicted octanol–water partition coefficient (Wildman–Crippen LogP) is 2.22. The van der Waals surface area contributed by atoms with E-state index >= 15 is 0 Å². The van der Waals surface area contributed by atoms with E-state index in [0.29, 0.717) is 28.7 Å². The second-order valence-corrected chi connectivity index (χ2v) is 7.16. The van der Waals surface area contributed by atoms with E-state index in [2.05, 4.69) is 4.98 Å². The van der Waals surface area contributed by atoms with Gasteiger partial charge in [-0.25, -0.2) is 9.78 Å². The van der Waals surface area contributed by atoms with Crippen molar-refractivity contribution in [2.75, 3.05) is 18.6 Å². The monoisotopic (exact) mass is 383 g/mol. The lowest BCUT2D eigenvalue weighted by Gasteiger charge is -2.18. The van der Waals surface area contributed by atoms with Crippen molar-refractivity contribution in [2.45, 2.75) is 19.4 Å². The van der Waals surface area contributed by atoms with Gasteiger partial charge in [0.15, 0.2) is 0 Å². The van der Waals surface area contributed by atoms with Crippen LogP contribution in [0, 0.1) is 0 Å². The zero-order valence-corrected chi connectivity index (χ0v) is 15.5. The number of fused-ring (bicyclic) bond motifs is 2. The van der Waals surface area contributed by atoms with Gasteiger partial charge in [0.05, 0.1) is 24.4 Å². The average molecular weight is 383 g/mol. The quantitative estimate of drug-likeness (QED) is 0.646. The van der Waals surface area contributed by atoms with Crippen LogP contribution < -0.4 is 10.5 Å². The highest BCUT2D eigenvalue weighted by Crippen LogP contribution is 2.29. The van der Waals surface area contributed by atoms with Crippen LogP contribution in [0.15, 0.2) is 40.8 Å². The minimum Gasteiger partial charge on any atom is -0.465 e. The van der Waals surface area contributed by atoms with Gasteiger partial charge >= 0.3 is 5.97 Å². The molecule has 3 aromatic rings. The molecule has 0 saturated carbocycles. The number of aryl methyl sites for hydroxylation is 1. The van der Waals surface area contributed by atoms with E-state index in [1.807, 2.05) is 5.38 Å². The SMILES string of the molecule is COC(=O)c1ccc2c(c1)CCN2C(=O)CCn1cnc2sccc2c1=O. The number of carbonyl (C=O) groups is 2. The fourth-order valence-electron chi connectivity index (χ4n) is 3.31. The Hall–Kier alpha value is -3.00. The summed E-state index contributed by atoms with van der Waals surface area (Å²) in [6.45, 7) is 0.845. The molecule has 27 heavy (non-hydrogen) atoms. The van der Waals surface area contributed by atoms with E-state index in [4.69, 9.17) is 4.74 Å². The largest absolute Gasteiger partial charge is 0.465 e. The van der Waals surface area contributed by atoms with Crippen LogP contribution in [0.1, 0.15) is 22.3 Å². The van der Waals surface area contributed by atoms with Crippen LogP contribution in [0.4, 0.5) is 5.69 Å². The first-order valence-corrected chi connectivity index (χ1v) is 9.40. The molecule has 0 spiro atoms. The van der Waals surface area contributed by atoms with Crippen LogP contribution in [0.3, 0.4) is 0 Å². The standard InChI is InChI=1S/C19H17N3O4S/c1-26-19(25)13-2-3-15-12(10-13)4-8-22(15)16(23)5-7-21-11-20-17-14(18(21)24)6-9-27-17/h2-3,6,9-11H,4-5,7-8H2,1H3. The number of carbonyl (C=O) groups excluding carboxylic acids is 2. The first kappa shape index (κ1) is 17.4. The lowest BCUT2D eigenvalue weighted by molar-refractivity contribution is -0.118. The van der Waals surface area contributed by atoms with Crippen LogP contribution in [-0.4, -0.2) is 35.1 Å². The summed E-state index contributed by atoms with van der Waals surface area (Å²) in [5, 5.41) is 2.41. The summed E-state index contributed by atoms with van der Waals surface area (Å²) < 4.78 is 6.21. The molecule has 7 nitrogen and oxygen atoms in total. The Morgan fingerprint density at radius 1 is 1.30 bits per heavy atom. The number of rotatable bonds is 4. The van der Waals surface area contributed by atoms with Gasteiger partial charge in [-0.2, -0.15) is 0 Å². The summed E-state index contributed by atoms with van der Waals surface area (Å²) in [4.78, 5) is 43.4. The first-order chi connectivity index (χ1) is 13.1. The van der Waals surface area contributed by atoms with E-state index in [0.717, 1.165) is 11.3 Å². The molecule has 0 atom stereocenters. The van der Waals surface area contributed by atoms with Gasteiger partial charge in [-0.15, -0.1) is 11.3 Å². The molecule has 2 aromatic heterocycles. The fraction of sp³-hybridized carbons (Fsp3) is 0.263. The molecular formula is C19H17N3O4S. The van der Waals surface area contributed by atoms with Gasteiger partial charge in [0.2, 0.25) is 5.91 Å². The zero-order chi connectivity index (χ0) is 19.0. The van der Waals surface area contributed by atoms with Crippen LogP contribution in [0.5, 0.6) is 0 Å². The molecule has 8 heteroatoms. The molecule has 1 aromatic carbocycles. The third-order valence-electron chi connectivity index (χ3n) is 4.71. The molecule has 0 radical (unpaired) electrons. The summed E-state index contributed by atoms with van der Waals surface area (Å²) >= 11 is 1.42. The molecule has 0 bridgehead atoms. The van der Waals surface area contributed by atoms with Gasteiger partial charge in [0, 0.05) is 25.2 Å². The average Bonchev–Trinajstić information content (AvgIpc) is 3.33. The molecule has 4 rings (SSSR count). The third-order valence-corrected chi connectivity index (χ3v) is 5.53. The number of hydrogen-bond acceptors (Lipinski definition) is 6. The van der Waals surface area contributed by atoms with Gasteiger partial charge in [0.25, 0.3) is 5.56 Å². The van der Waals surface area contributed by atoms with Crippen LogP contribution in [0.2, 0.25) is 0 Å². The van der Waals surface area contributed by atoms with E-state index < -0.39 is 5.97 Å². The summed E-state index contributed by atoms with van der Waals surface area (Å²) in [6, 6.07) is 6.96. The van der Waals surface area contributed by atoms with Crippen molar-refractivity contribution < 1.29 is 14.3 Å². The summed E-state index contributed by atoms with van der Waals surface area (Å²) in [5.74, 6) is -0.449. The van der Waals surface area contributed by atoms with Gasteiger partial charge in [-0.05, 0) is 41.6 Å². The maximum absolute atomic E-state index is 12.7. The van der Waals surface area contributed by atoms with Gasteiger partial charge in [0.1, 0.15) is 4.83 Å². The number of hydrogen-bond donors (Lipinski definition) is 0. The Balaban J connectivity index is 1.49. The Labute approximate surface area is 158 Å². The molecule has 0 unspecified atom stereocenters. The molecule has 1 amide bonds. The minimum atomic E-state index is -0.390. The molecule has 0 saturated heterocycles. The number of benzene rings is 1. The predicted molar refractivity (Wildman–Crippen MR) is 102 cm³/mol. The summed E-state index contributed by atoms with van der Waals surface area (Å²) in [5.41, 5.74) is 2.11. The van der Waals surface area contributed by atoms with Crippen molar-refractivity contribution in [3.8, 4) is 0 Å². The Kier molecular flexibility index (Phi) is 4.49. The summed E-state index contributed by atoms with van der Waals surface area (Å²) in [7, 11) is 1.34. The number of aromatic nitrogens is 2. The number of nitrogens with zero attached hydrogens (tertiary/aromatic N) is 3. The first-order valence-electron chi connectivity index (χ1n) is 8.53. The molecule has 0 fully saturated rings. The van der Waals surface area contributed by atoms with Crippen LogP contribution in [0.25, 0.3) is 10.2 Å². The Morgan fingerprint density at radius 3 is 2.96 bits per heavy atom. The number of thiophene rings is 1. The molecule has 138 valence electrons. The molecule has 3 heterocycles. The minimum absolute atomic E-state index is 0.0584. The van der Waals surface area contributed by atoms with Crippen molar-refractivity contribution in [2.24, 2.45) is 0 Å². The van der Waals surface area contributed by atoms with E-state index in [9.17, 15) is 14.4 Å². The number of esters is 1. The van der Waals surface area contributed by atoms with Crippen LogP contribution in [-0.2, 0) is 22.5 Å². The van der Waals surface area contributed by atoms with Crippen molar-refractivity contribution in [3.05, 3.63) is 57.5 Å². The molecule has 1 aliphatic heterocycles. The summed E-state index contributed by atoms with van der Waals surface area (Å²) in [6.07, 6.45) is 2.39. The molecule has 0 N–H and O–H groups in total.